The first-order valence-electron chi connectivity index (χ1n) is 4.22. The minimum Gasteiger partial charge on any atom is -0.300 e. The molecule has 1 N–H and O–H groups in total. The Balaban J connectivity index is 2.98. The molecule has 0 spiro atoms. The van der Waals surface area contributed by atoms with Crippen LogP contribution in [0.4, 0.5) is 0 Å². The number of hydrogen-bond donors (Lipinski definition) is 1. The van der Waals surface area contributed by atoms with Gasteiger partial charge in [0.2, 0.25) is 0 Å². The summed E-state index contributed by atoms with van der Waals surface area (Å²) >= 11 is 0. The Morgan fingerprint density at radius 1 is 1.31 bits per heavy atom. The standard InChI is InChI=1S/C12H13N/c1-3-10(4-2)12(13)11-8-6-5-7-9-11/h3-9,13H,1H2,2H3/b10-4+,13-12?. The van der Waals surface area contributed by atoms with Gasteiger partial charge in [-0.2, -0.15) is 0 Å². The van der Waals surface area contributed by atoms with E-state index in [9.17, 15) is 0 Å². The highest BCUT2D eigenvalue weighted by molar-refractivity contribution is 6.12. The molecule has 1 aromatic rings. The third-order valence-electron chi connectivity index (χ3n) is 1.88. The van der Waals surface area contributed by atoms with Crippen molar-refractivity contribution in [1.82, 2.24) is 0 Å². The Kier molecular flexibility index (Phi) is 3.21. The van der Waals surface area contributed by atoms with Crippen molar-refractivity contribution in [1.29, 1.82) is 5.41 Å². The highest BCUT2D eigenvalue weighted by Crippen LogP contribution is 2.08. The van der Waals surface area contributed by atoms with E-state index in [1.807, 2.05) is 43.3 Å². The molecule has 0 fully saturated rings. The maximum absolute atomic E-state index is 7.85. The highest BCUT2D eigenvalue weighted by Gasteiger charge is 2.01. The fraction of sp³-hybridized carbons (Fsp3) is 0.0833. The molecule has 0 aliphatic rings. The summed E-state index contributed by atoms with van der Waals surface area (Å²) in [4.78, 5) is 0. The predicted molar refractivity (Wildman–Crippen MR) is 57.2 cm³/mol. The van der Waals surface area contributed by atoms with Gasteiger partial charge in [0.15, 0.2) is 0 Å². The minimum absolute atomic E-state index is 0.526. The Morgan fingerprint density at radius 2 is 1.92 bits per heavy atom. The van der Waals surface area contributed by atoms with E-state index in [2.05, 4.69) is 6.58 Å². The van der Waals surface area contributed by atoms with E-state index in [-0.39, 0.29) is 0 Å². The summed E-state index contributed by atoms with van der Waals surface area (Å²) in [7, 11) is 0. The average molecular weight is 171 g/mol. The van der Waals surface area contributed by atoms with Gasteiger partial charge in [0, 0.05) is 0 Å². The lowest BCUT2D eigenvalue weighted by Crippen LogP contribution is -2.00. The summed E-state index contributed by atoms with van der Waals surface area (Å²) in [5, 5.41) is 7.85. The first kappa shape index (κ1) is 9.46. The van der Waals surface area contributed by atoms with E-state index < -0.39 is 0 Å². The molecule has 0 radical (unpaired) electrons. The van der Waals surface area contributed by atoms with Gasteiger partial charge in [-0.05, 0) is 18.1 Å². The van der Waals surface area contributed by atoms with Crippen LogP contribution in [0.25, 0.3) is 0 Å². The monoisotopic (exact) mass is 171 g/mol. The zero-order chi connectivity index (χ0) is 9.68. The van der Waals surface area contributed by atoms with E-state index in [0.29, 0.717) is 5.71 Å². The van der Waals surface area contributed by atoms with Crippen molar-refractivity contribution < 1.29 is 0 Å². The zero-order valence-corrected chi connectivity index (χ0v) is 7.75. The lowest BCUT2D eigenvalue weighted by Gasteiger charge is -2.03. The van der Waals surface area contributed by atoms with E-state index >= 15 is 0 Å². The highest BCUT2D eigenvalue weighted by atomic mass is 14.4. The molecular weight excluding hydrogens is 158 g/mol. The van der Waals surface area contributed by atoms with Crippen LogP contribution in [0, 0.1) is 5.41 Å². The van der Waals surface area contributed by atoms with Crippen LogP contribution in [0.15, 0.2) is 54.6 Å². The van der Waals surface area contributed by atoms with Crippen LogP contribution < -0.4 is 0 Å². The predicted octanol–water partition coefficient (Wildman–Crippen LogP) is 3.19. The first-order valence-corrected chi connectivity index (χ1v) is 4.22. The van der Waals surface area contributed by atoms with Crippen LogP contribution >= 0.6 is 0 Å². The van der Waals surface area contributed by atoms with Gasteiger partial charge in [-0.1, -0.05) is 49.1 Å². The summed E-state index contributed by atoms with van der Waals surface area (Å²) in [5.41, 5.74) is 2.32. The lowest BCUT2D eigenvalue weighted by molar-refractivity contribution is 1.46. The van der Waals surface area contributed by atoms with Crippen molar-refractivity contribution in [3.8, 4) is 0 Å². The quantitative estimate of drug-likeness (QED) is 0.533. The molecule has 0 bridgehead atoms. The van der Waals surface area contributed by atoms with Gasteiger partial charge < -0.3 is 0 Å². The van der Waals surface area contributed by atoms with Gasteiger partial charge in [0.05, 0.1) is 5.71 Å². The number of hydrogen-bond acceptors (Lipinski definition) is 1. The van der Waals surface area contributed by atoms with Gasteiger partial charge in [0.25, 0.3) is 0 Å². The van der Waals surface area contributed by atoms with Gasteiger partial charge in [0.1, 0.15) is 0 Å². The zero-order valence-electron chi connectivity index (χ0n) is 7.75. The smallest absolute Gasteiger partial charge is 0.0680 e. The molecule has 1 aromatic carbocycles. The van der Waals surface area contributed by atoms with E-state index in [1.165, 1.54) is 0 Å². The molecule has 0 saturated carbocycles. The number of benzene rings is 1. The lowest BCUT2D eigenvalue weighted by atomic mass is 10.0. The third kappa shape index (κ3) is 2.15. The Labute approximate surface area is 78.9 Å². The third-order valence-corrected chi connectivity index (χ3v) is 1.88. The van der Waals surface area contributed by atoms with Crippen LogP contribution in [0.5, 0.6) is 0 Å². The molecule has 0 unspecified atom stereocenters. The maximum atomic E-state index is 7.85. The van der Waals surface area contributed by atoms with Crippen LogP contribution in [0.3, 0.4) is 0 Å². The second-order valence-corrected chi connectivity index (χ2v) is 2.69. The summed E-state index contributed by atoms with van der Waals surface area (Å²) in [5.74, 6) is 0. The van der Waals surface area contributed by atoms with Crippen LogP contribution in [0.2, 0.25) is 0 Å². The van der Waals surface area contributed by atoms with Crippen molar-refractivity contribution in [2.75, 3.05) is 0 Å². The summed E-state index contributed by atoms with van der Waals surface area (Å²) in [6.45, 7) is 5.58. The summed E-state index contributed by atoms with van der Waals surface area (Å²) in [6.07, 6.45) is 3.59. The second-order valence-electron chi connectivity index (χ2n) is 2.69. The molecule has 13 heavy (non-hydrogen) atoms. The molecule has 1 nitrogen and oxygen atoms in total. The summed E-state index contributed by atoms with van der Waals surface area (Å²) < 4.78 is 0. The largest absolute Gasteiger partial charge is 0.300 e. The number of nitrogens with one attached hydrogen (secondary N) is 1. The summed E-state index contributed by atoms with van der Waals surface area (Å²) in [6, 6.07) is 9.66. The Hall–Kier alpha value is -1.63. The molecule has 0 heterocycles. The SMILES string of the molecule is C=C/C(=C\C)C(=N)c1ccccc1. The molecule has 0 aliphatic carbocycles. The van der Waals surface area contributed by atoms with Gasteiger partial charge in [-0.15, -0.1) is 0 Å². The molecular formula is C12H13N. The van der Waals surface area contributed by atoms with Crippen LogP contribution in [-0.4, -0.2) is 5.71 Å². The van der Waals surface area contributed by atoms with Crippen molar-refractivity contribution >= 4 is 5.71 Å². The van der Waals surface area contributed by atoms with E-state index in [4.69, 9.17) is 5.41 Å². The maximum Gasteiger partial charge on any atom is 0.0680 e. The molecule has 0 aliphatic heterocycles. The molecule has 1 heteroatoms. The molecule has 0 amide bonds. The Morgan fingerprint density at radius 3 is 2.38 bits per heavy atom. The normalized spacial score (nSPS) is 11.0. The fourth-order valence-corrected chi connectivity index (χ4v) is 1.14. The topological polar surface area (TPSA) is 23.9 Å². The van der Waals surface area contributed by atoms with Crippen molar-refractivity contribution in [3.05, 3.63) is 60.2 Å². The molecule has 0 aromatic heterocycles. The number of rotatable bonds is 3. The molecule has 0 saturated heterocycles. The van der Waals surface area contributed by atoms with Gasteiger partial charge >= 0.3 is 0 Å². The average Bonchev–Trinajstić information content (AvgIpc) is 2.21. The minimum atomic E-state index is 0.526. The van der Waals surface area contributed by atoms with Gasteiger partial charge in [-0.25, -0.2) is 0 Å². The molecule has 66 valence electrons. The fourth-order valence-electron chi connectivity index (χ4n) is 1.14. The van der Waals surface area contributed by atoms with Gasteiger partial charge in [-0.3, -0.25) is 5.41 Å². The second kappa shape index (κ2) is 4.41. The first-order chi connectivity index (χ1) is 6.29. The van der Waals surface area contributed by atoms with Crippen molar-refractivity contribution in [2.24, 2.45) is 0 Å². The molecule has 0 atom stereocenters. The Bertz CT molecular complexity index is 333. The molecule has 1 rings (SSSR count). The van der Waals surface area contributed by atoms with Crippen LogP contribution in [-0.2, 0) is 0 Å². The van der Waals surface area contributed by atoms with E-state index in [1.54, 1.807) is 6.08 Å². The van der Waals surface area contributed by atoms with Crippen molar-refractivity contribution in [3.63, 3.8) is 0 Å². The number of allylic oxidation sites excluding steroid dienone is 3. The van der Waals surface area contributed by atoms with E-state index in [0.717, 1.165) is 11.1 Å². The van der Waals surface area contributed by atoms with Crippen LogP contribution in [0.1, 0.15) is 12.5 Å². The van der Waals surface area contributed by atoms with Crippen molar-refractivity contribution in [2.45, 2.75) is 6.92 Å².